The van der Waals surface area contributed by atoms with Crippen molar-refractivity contribution >= 4 is 11.3 Å². The Balaban J connectivity index is 2.81. The van der Waals surface area contributed by atoms with Gasteiger partial charge in [0.1, 0.15) is 0 Å². The molecule has 0 aliphatic rings. The van der Waals surface area contributed by atoms with Gasteiger partial charge in [-0.05, 0) is 24.9 Å². The lowest BCUT2D eigenvalue weighted by molar-refractivity contribution is 0.145. The van der Waals surface area contributed by atoms with Gasteiger partial charge in [0, 0.05) is 17.5 Å². The van der Waals surface area contributed by atoms with Crippen LogP contribution in [0.1, 0.15) is 24.8 Å². The number of nitrogens with zero attached hydrogens (tertiary/aromatic N) is 1. The van der Waals surface area contributed by atoms with Gasteiger partial charge >= 0.3 is 0 Å². The Hall–Kier alpha value is -0.420. The van der Waals surface area contributed by atoms with Gasteiger partial charge in [-0.25, -0.2) is 0 Å². The van der Waals surface area contributed by atoms with Gasteiger partial charge in [-0.15, -0.1) is 11.3 Å². The summed E-state index contributed by atoms with van der Waals surface area (Å²) in [5.41, 5.74) is 6.02. The summed E-state index contributed by atoms with van der Waals surface area (Å²) in [6, 6.07) is 4.46. The number of aliphatic hydroxyl groups excluding tert-OH is 1. The van der Waals surface area contributed by atoms with Crippen molar-refractivity contribution in [2.45, 2.75) is 25.9 Å². The maximum absolute atomic E-state index is 9.02. The van der Waals surface area contributed by atoms with Crippen LogP contribution >= 0.6 is 11.3 Å². The number of hydrogen-bond donors (Lipinski definition) is 2. The Morgan fingerprint density at radius 3 is 2.73 bits per heavy atom. The SMILES string of the molecule is CCN(CCO)C(c1cccs1)C(C)N. The summed E-state index contributed by atoms with van der Waals surface area (Å²) < 4.78 is 0. The number of thiophene rings is 1. The molecule has 0 amide bonds. The van der Waals surface area contributed by atoms with Crippen LogP contribution in [0.15, 0.2) is 17.5 Å². The van der Waals surface area contributed by atoms with Gasteiger partial charge in [-0.3, -0.25) is 4.90 Å². The van der Waals surface area contributed by atoms with Gasteiger partial charge in [0.25, 0.3) is 0 Å². The van der Waals surface area contributed by atoms with Crippen LogP contribution in [0, 0.1) is 0 Å². The third kappa shape index (κ3) is 3.28. The van der Waals surface area contributed by atoms with Gasteiger partial charge in [0.2, 0.25) is 0 Å². The zero-order chi connectivity index (χ0) is 11.3. The highest BCUT2D eigenvalue weighted by Crippen LogP contribution is 2.26. The molecular weight excluding hydrogens is 208 g/mol. The van der Waals surface area contributed by atoms with Crippen LogP contribution in [0.25, 0.3) is 0 Å². The average Bonchev–Trinajstić information content (AvgIpc) is 2.69. The van der Waals surface area contributed by atoms with E-state index >= 15 is 0 Å². The number of nitrogens with two attached hydrogens (primary N) is 1. The lowest BCUT2D eigenvalue weighted by Gasteiger charge is -2.32. The van der Waals surface area contributed by atoms with E-state index in [9.17, 15) is 0 Å². The molecule has 0 aliphatic heterocycles. The molecular formula is C11H20N2OS. The van der Waals surface area contributed by atoms with Crippen molar-refractivity contribution in [1.29, 1.82) is 0 Å². The zero-order valence-electron chi connectivity index (χ0n) is 9.39. The van der Waals surface area contributed by atoms with Crippen LogP contribution in [0.2, 0.25) is 0 Å². The van der Waals surface area contributed by atoms with Crippen LogP contribution in [-0.2, 0) is 0 Å². The Bertz CT molecular complexity index is 262. The van der Waals surface area contributed by atoms with Crippen molar-refractivity contribution in [3.63, 3.8) is 0 Å². The monoisotopic (exact) mass is 228 g/mol. The minimum atomic E-state index is 0.0788. The smallest absolute Gasteiger partial charge is 0.0591 e. The molecule has 0 bridgehead atoms. The second-order valence-electron chi connectivity index (χ2n) is 3.67. The van der Waals surface area contributed by atoms with Crippen LogP contribution in [0.3, 0.4) is 0 Å². The standard InChI is InChI=1S/C11H20N2OS/c1-3-13(6-7-14)11(9(2)12)10-5-4-8-15-10/h4-5,8-9,11,14H,3,6-7,12H2,1-2H3. The first-order valence-corrected chi connectivity index (χ1v) is 6.22. The molecule has 2 atom stereocenters. The number of aliphatic hydroxyl groups is 1. The molecule has 0 saturated heterocycles. The average molecular weight is 228 g/mol. The quantitative estimate of drug-likeness (QED) is 0.775. The van der Waals surface area contributed by atoms with Crippen LogP contribution < -0.4 is 5.73 Å². The molecule has 86 valence electrons. The van der Waals surface area contributed by atoms with E-state index in [0.29, 0.717) is 6.54 Å². The van der Waals surface area contributed by atoms with E-state index in [1.807, 2.05) is 13.0 Å². The maximum Gasteiger partial charge on any atom is 0.0591 e. The molecule has 4 heteroatoms. The summed E-state index contributed by atoms with van der Waals surface area (Å²) in [6.45, 7) is 5.89. The fraction of sp³-hybridized carbons (Fsp3) is 0.636. The highest BCUT2D eigenvalue weighted by Gasteiger charge is 2.23. The van der Waals surface area contributed by atoms with Crippen molar-refractivity contribution < 1.29 is 5.11 Å². The van der Waals surface area contributed by atoms with Gasteiger partial charge < -0.3 is 10.8 Å². The lowest BCUT2D eigenvalue weighted by atomic mass is 10.1. The fourth-order valence-corrected chi connectivity index (χ4v) is 2.83. The molecule has 3 N–H and O–H groups in total. The fourth-order valence-electron chi connectivity index (χ4n) is 1.85. The Morgan fingerprint density at radius 1 is 1.60 bits per heavy atom. The van der Waals surface area contributed by atoms with Gasteiger partial charge in [-0.1, -0.05) is 13.0 Å². The molecule has 1 heterocycles. The number of rotatable bonds is 6. The summed E-state index contributed by atoms with van der Waals surface area (Å²) in [6.07, 6.45) is 0. The highest BCUT2D eigenvalue weighted by molar-refractivity contribution is 7.10. The predicted molar refractivity (Wildman–Crippen MR) is 65.0 cm³/mol. The van der Waals surface area contributed by atoms with E-state index in [1.165, 1.54) is 4.88 Å². The summed E-state index contributed by atoms with van der Waals surface area (Å²) in [5.74, 6) is 0. The third-order valence-corrected chi connectivity index (χ3v) is 3.46. The highest BCUT2D eigenvalue weighted by atomic mass is 32.1. The second kappa shape index (κ2) is 6.23. The molecule has 0 fully saturated rings. The molecule has 0 aromatic carbocycles. The van der Waals surface area contributed by atoms with E-state index < -0.39 is 0 Å². The Labute approximate surface area is 95.5 Å². The van der Waals surface area contributed by atoms with Crippen molar-refractivity contribution in [3.8, 4) is 0 Å². The zero-order valence-corrected chi connectivity index (χ0v) is 10.2. The maximum atomic E-state index is 9.02. The van der Waals surface area contributed by atoms with Crippen molar-refractivity contribution in [2.75, 3.05) is 19.7 Å². The minimum absolute atomic E-state index is 0.0788. The molecule has 1 aromatic heterocycles. The Morgan fingerprint density at radius 2 is 2.33 bits per heavy atom. The van der Waals surface area contributed by atoms with Crippen molar-refractivity contribution in [3.05, 3.63) is 22.4 Å². The van der Waals surface area contributed by atoms with E-state index in [2.05, 4.69) is 23.3 Å². The normalized spacial score (nSPS) is 15.5. The van der Waals surface area contributed by atoms with E-state index in [-0.39, 0.29) is 18.7 Å². The van der Waals surface area contributed by atoms with Crippen molar-refractivity contribution in [1.82, 2.24) is 4.90 Å². The van der Waals surface area contributed by atoms with Gasteiger partial charge in [0.15, 0.2) is 0 Å². The van der Waals surface area contributed by atoms with E-state index in [0.717, 1.165) is 6.54 Å². The van der Waals surface area contributed by atoms with Crippen LogP contribution in [0.5, 0.6) is 0 Å². The molecule has 2 unspecified atom stereocenters. The summed E-state index contributed by atoms with van der Waals surface area (Å²) in [4.78, 5) is 3.50. The molecule has 3 nitrogen and oxygen atoms in total. The molecule has 15 heavy (non-hydrogen) atoms. The summed E-state index contributed by atoms with van der Waals surface area (Å²) in [5, 5.41) is 11.1. The number of likely N-dealkylation sites (N-methyl/N-ethyl adjacent to an activating group) is 1. The van der Waals surface area contributed by atoms with Crippen LogP contribution in [0.4, 0.5) is 0 Å². The van der Waals surface area contributed by atoms with E-state index in [1.54, 1.807) is 11.3 Å². The second-order valence-corrected chi connectivity index (χ2v) is 4.65. The molecule has 1 rings (SSSR count). The lowest BCUT2D eigenvalue weighted by Crippen LogP contribution is -2.40. The molecule has 0 saturated carbocycles. The van der Waals surface area contributed by atoms with Crippen molar-refractivity contribution in [2.24, 2.45) is 5.73 Å². The Kier molecular flexibility index (Phi) is 5.25. The third-order valence-electron chi connectivity index (χ3n) is 2.52. The molecule has 0 spiro atoms. The molecule has 0 radical (unpaired) electrons. The van der Waals surface area contributed by atoms with E-state index in [4.69, 9.17) is 10.8 Å². The summed E-state index contributed by atoms with van der Waals surface area (Å²) in [7, 11) is 0. The summed E-state index contributed by atoms with van der Waals surface area (Å²) >= 11 is 1.73. The first-order valence-electron chi connectivity index (χ1n) is 5.34. The first-order chi connectivity index (χ1) is 7.20. The van der Waals surface area contributed by atoms with Gasteiger partial charge in [-0.2, -0.15) is 0 Å². The molecule has 0 aliphatic carbocycles. The topological polar surface area (TPSA) is 49.5 Å². The minimum Gasteiger partial charge on any atom is -0.395 e. The van der Waals surface area contributed by atoms with Gasteiger partial charge in [0.05, 0.1) is 12.6 Å². The van der Waals surface area contributed by atoms with Crippen LogP contribution in [-0.4, -0.2) is 35.7 Å². The molecule has 1 aromatic rings. The number of hydrogen-bond acceptors (Lipinski definition) is 4. The predicted octanol–water partition coefficient (Wildman–Crippen LogP) is 1.45. The largest absolute Gasteiger partial charge is 0.395 e. The first kappa shape index (κ1) is 12.6.